The minimum Gasteiger partial charge on any atom is -0.385 e. The molecule has 0 atom stereocenters. The van der Waals surface area contributed by atoms with E-state index in [2.05, 4.69) is 25.4 Å². The molecule has 0 aliphatic carbocycles. The molecule has 0 spiro atoms. The fourth-order valence-electron chi connectivity index (χ4n) is 3.53. The van der Waals surface area contributed by atoms with E-state index < -0.39 is 0 Å². The van der Waals surface area contributed by atoms with Crippen LogP contribution in [0.25, 0.3) is 5.65 Å². The highest BCUT2D eigenvalue weighted by molar-refractivity contribution is 14.0. The van der Waals surface area contributed by atoms with E-state index in [1.165, 1.54) is 0 Å². The van der Waals surface area contributed by atoms with Crippen LogP contribution in [0.2, 0.25) is 0 Å². The normalized spacial score (nSPS) is 15.5. The van der Waals surface area contributed by atoms with Crippen LogP contribution in [0.15, 0.2) is 29.4 Å². The van der Waals surface area contributed by atoms with Gasteiger partial charge in [-0.2, -0.15) is 0 Å². The van der Waals surface area contributed by atoms with Crippen LogP contribution in [0.3, 0.4) is 0 Å². The molecule has 0 unspecified atom stereocenters. The summed E-state index contributed by atoms with van der Waals surface area (Å²) < 4.78 is 13.1. The highest BCUT2D eigenvalue weighted by atomic mass is 127. The Morgan fingerprint density at radius 2 is 2.03 bits per heavy atom. The van der Waals surface area contributed by atoms with Crippen molar-refractivity contribution in [3.05, 3.63) is 30.2 Å². The van der Waals surface area contributed by atoms with Crippen LogP contribution in [0.4, 0.5) is 0 Å². The zero-order valence-corrected chi connectivity index (χ0v) is 19.7. The molecule has 1 saturated heterocycles. The number of ether oxygens (including phenoxy) is 2. The smallest absolute Gasteiger partial charge is 0.193 e. The van der Waals surface area contributed by atoms with Gasteiger partial charge in [-0.3, -0.25) is 9.39 Å². The lowest BCUT2D eigenvalue weighted by Gasteiger charge is -2.34. The van der Waals surface area contributed by atoms with Gasteiger partial charge in [0.15, 0.2) is 11.6 Å². The van der Waals surface area contributed by atoms with Crippen LogP contribution in [0.1, 0.15) is 31.5 Å². The second kappa shape index (κ2) is 13.0. The minimum absolute atomic E-state index is 0. The Morgan fingerprint density at radius 1 is 1.21 bits per heavy atom. The molecule has 1 fully saturated rings. The molecule has 0 radical (unpaired) electrons. The summed E-state index contributed by atoms with van der Waals surface area (Å²) in [6.45, 7) is 4.36. The highest BCUT2D eigenvalue weighted by Gasteiger charge is 2.21. The van der Waals surface area contributed by atoms with Crippen molar-refractivity contribution >= 4 is 35.6 Å². The van der Waals surface area contributed by atoms with Crippen molar-refractivity contribution in [3.63, 3.8) is 0 Å². The van der Waals surface area contributed by atoms with Gasteiger partial charge < -0.3 is 19.7 Å². The average Bonchev–Trinajstić information content (AvgIpc) is 3.15. The molecule has 0 saturated carbocycles. The summed E-state index contributed by atoms with van der Waals surface area (Å²) in [5.41, 5.74) is 0.897. The molecule has 3 heterocycles. The van der Waals surface area contributed by atoms with Crippen molar-refractivity contribution in [3.8, 4) is 0 Å². The van der Waals surface area contributed by atoms with Gasteiger partial charge in [0.05, 0.1) is 6.10 Å². The van der Waals surface area contributed by atoms with Crippen LogP contribution in [-0.4, -0.2) is 78.6 Å². The third-order valence-electron chi connectivity index (χ3n) is 5.04. The summed E-state index contributed by atoms with van der Waals surface area (Å²) in [5.74, 6) is 1.97. The van der Waals surface area contributed by atoms with Crippen LogP contribution >= 0.6 is 24.0 Å². The fraction of sp³-hybridized carbons (Fsp3) is 0.650. The van der Waals surface area contributed by atoms with Crippen molar-refractivity contribution in [2.75, 3.05) is 47.0 Å². The number of likely N-dealkylation sites (tertiary alicyclic amines) is 1. The Kier molecular flexibility index (Phi) is 10.6. The number of fused-ring (bicyclic) bond motifs is 1. The van der Waals surface area contributed by atoms with Gasteiger partial charge in [-0.15, -0.1) is 34.2 Å². The van der Waals surface area contributed by atoms with Crippen molar-refractivity contribution < 1.29 is 9.47 Å². The third-order valence-corrected chi connectivity index (χ3v) is 5.04. The van der Waals surface area contributed by atoms with Crippen LogP contribution in [-0.2, 0) is 15.9 Å². The summed E-state index contributed by atoms with van der Waals surface area (Å²) in [4.78, 5) is 6.77. The van der Waals surface area contributed by atoms with Crippen molar-refractivity contribution in [2.24, 2.45) is 4.99 Å². The maximum Gasteiger partial charge on any atom is 0.193 e. The van der Waals surface area contributed by atoms with Crippen LogP contribution in [0.5, 0.6) is 0 Å². The number of hydrogen-bond acceptors (Lipinski definition) is 5. The summed E-state index contributed by atoms with van der Waals surface area (Å²) in [6.07, 6.45) is 7.27. The Balaban J connectivity index is 0.00000300. The lowest BCUT2D eigenvalue weighted by Crippen LogP contribution is -2.47. The number of pyridine rings is 1. The van der Waals surface area contributed by atoms with E-state index in [1.807, 2.05) is 35.8 Å². The van der Waals surface area contributed by atoms with Gasteiger partial charge in [0, 0.05) is 59.6 Å². The lowest BCUT2D eigenvalue weighted by molar-refractivity contribution is 0.00991. The lowest BCUT2D eigenvalue weighted by atomic mass is 10.1. The Bertz CT molecular complexity index is 745. The van der Waals surface area contributed by atoms with E-state index in [0.717, 1.165) is 82.4 Å². The fourth-order valence-corrected chi connectivity index (χ4v) is 3.53. The number of aryl methyl sites for hydroxylation is 1. The van der Waals surface area contributed by atoms with Gasteiger partial charge >= 0.3 is 0 Å². The predicted octanol–water partition coefficient (Wildman–Crippen LogP) is 2.37. The zero-order valence-electron chi connectivity index (χ0n) is 17.4. The highest BCUT2D eigenvalue weighted by Crippen LogP contribution is 2.14. The van der Waals surface area contributed by atoms with Crippen molar-refractivity contribution in [2.45, 2.75) is 38.2 Å². The molecule has 3 rings (SSSR count). The number of piperidine rings is 1. The molecule has 2 aromatic rings. The van der Waals surface area contributed by atoms with E-state index >= 15 is 0 Å². The molecule has 0 aromatic carbocycles. The number of aliphatic imine (C=N–C) groups is 1. The van der Waals surface area contributed by atoms with Gasteiger partial charge in [0.25, 0.3) is 0 Å². The molecule has 162 valence electrons. The molecular weight excluding hydrogens is 483 g/mol. The van der Waals surface area contributed by atoms with E-state index in [4.69, 9.17) is 9.47 Å². The maximum atomic E-state index is 5.94. The molecule has 1 aliphatic rings. The molecule has 1 N–H and O–H groups in total. The van der Waals surface area contributed by atoms with Crippen molar-refractivity contribution in [1.82, 2.24) is 24.8 Å². The Morgan fingerprint density at radius 3 is 2.79 bits per heavy atom. The first kappa shape index (κ1) is 23.8. The molecular formula is C20H33IN6O2. The number of methoxy groups -OCH3 is 1. The largest absolute Gasteiger partial charge is 0.385 e. The number of halogens is 1. The van der Waals surface area contributed by atoms with E-state index in [-0.39, 0.29) is 24.0 Å². The summed E-state index contributed by atoms with van der Waals surface area (Å²) in [6, 6.07) is 5.96. The summed E-state index contributed by atoms with van der Waals surface area (Å²) >= 11 is 0. The van der Waals surface area contributed by atoms with Crippen molar-refractivity contribution in [1.29, 1.82) is 0 Å². The summed E-state index contributed by atoms with van der Waals surface area (Å²) in [5, 5.41) is 12.0. The molecule has 2 aromatic heterocycles. The quantitative estimate of drug-likeness (QED) is 0.239. The monoisotopic (exact) mass is 516 g/mol. The first-order chi connectivity index (χ1) is 13.8. The van der Waals surface area contributed by atoms with Gasteiger partial charge in [-0.05, 0) is 37.8 Å². The van der Waals surface area contributed by atoms with Gasteiger partial charge in [-0.1, -0.05) is 6.07 Å². The number of nitrogens with one attached hydrogen (secondary N) is 1. The second-order valence-corrected chi connectivity index (χ2v) is 7.03. The van der Waals surface area contributed by atoms with Gasteiger partial charge in [-0.25, -0.2) is 0 Å². The number of hydrogen-bond donors (Lipinski definition) is 1. The number of nitrogens with zero attached hydrogens (tertiary/aromatic N) is 5. The number of rotatable bonds is 9. The summed E-state index contributed by atoms with van der Waals surface area (Å²) in [7, 11) is 3.58. The standard InChI is InChI=1S/C20H32N6O2.HI/c1-21-20(25-13-9-17(10-14-25)28-16-6-15-27-2)22-11-5-8-19-24-23-18-7-3-4-12-26(18)19;/h3-4,7,12,17H,5-6,8-11,13-16H2,1-2H3,(H,21,22);1H. The number of guanidine groups is 1. The van der Waals surface area contributed by atoms with Gasteiger partial charge in [0.2, 0.25) is 0 Å². The maximum absolute atomic E-state index is 5.94. The Hall–Kier alpha value is -1.46. The van der Waals surface area contributed by atoms with Gasteiger partial charge in [0.1, 0.15) is 5.82 Å². The van der Waals surface area contributed by atoms with E-state index in [0.29, 0.717) is 6.10 Å². The first-order valence-electron chi connectivity index (χ1n) is 10.2. The van der Waals surface area contributed by atoms with E-state index in [1.54, 1.807) is 7.11 Å². The molecule has 9 heteroatoms. The molecule has 0 amide bonds. The predicted molar refractivity (Wildman–Crippen MR) is 125 cm³/mol. The molecule has 8 nitrogen and oxygen atoms in total. The van der Waals surface area contributed by atoms with Crippen LogP contribution in [0, 0.1) is 0 Å². The molecule has 0 bridgehead atoms. The Labute approximate surface area is 190 Å². The third kappa shape index (κ3) is 7.07. The minimum atomic E-state index is 0. The second-order valence-electron chi connectivity index (χ2n) is 7.03. The average molecular weight is 516 g/mol. The topological polar surface area (TPSA) is 76.3 Å². The molecule has 29 heavy (non-hydrogen) atoms. The molecule has 1 aliphatic heterocycles. The first-order valence-corrected chi connectivity index (χ1v) is 10.2. The van der Waals surface area contributed by atoms with Crippen LogP contribution < -0.4 is 5.32 Å². The zero-order chi connectivity index (χ0) is 19.6. The SMILES string of the molecule is CN=C(NCCCc1nnc2ccccn12)N1CCC(OCCCOC)CC1.I. The van der Waals surface area contributed by atoms with E-state index in [9.17, 15) is 0 Å². The number of aromatic nitrogens is 3.